The molecule has 0 unspecified atom stereocenters. The van der Waals surface area contributed by atoms with E-state index < -0.39 is 11.6 Å². The van der Waals surface area contributed by atoms with Gasteiger partial charge in [-0.15, -0.1) is 0 Å². The van der Waals surface area contributed by atoms with Crippen molar-refractivity contribution in [2.75, 3.05) is 52.5 Å². The van der Waals surface area contributed by atoms with Crippen LogP contribution in [-0.4, -0.2) is 90.6 Å². The standard InChI is InChI=1S/C33H41ClF3N7O3/c1-32(2,33(35,36)37)31-41-28(42-43-31)20-40-30(46)26-19-25(26)22-6-4-21(5-7-22)23-8-9-24(27(34)18-23)29(45)39-10-3-16-47-17-15-44-13-11-38-12-14-44/h4-9,18,25-26,38H,3,10-17,19-20H2,1-2H3,(H,39,45)(H,40,46)(H,41,42,43)/t25-,26+/m1/s1. The van der Waals surface area contributed by atoms with Crippen LogP contribution in [0.3, 0.4) is 0 Å². The van der Waals surface area contributed by atoms with Crippen LogP contribution >= 0.6 is 11.6 Å². The van der Waals surface area contributed by atoms with Crippen molar-refractivity contribution in [2.45, 2.75) is 50.7 Å². The van der Waals surface area contributed by atoms with Gasteiger partial charge < -0.3 is 20.7 Å². The Labute approximate surface area is 277 Å². The maximum Gasteiger partial charge on any atom is 0.401 e. The summed E-state index contributed by atoms with van der Waals surface area (Å²) in [4.78, 5) is 31.7. The fourth-order valence-corrected chi connectivity index (χ4v) is 5.71. The molecule has 1 aromatic heterocycles. The number of ether oxygens (including phenoxy) is 1. The molecule has 3 aromatic rings. The molecule has 2 fully saturated rings. The van der Waals surface area contributed by atoms with E-state index in [0.29, 0.717) is 43.2 Å². The van der Waals surface area contributed by atoms with E-state index >= 15 is 0 Å². The fraction of sp³-hybridized carbons (Fsp3) is 0.515. The Kier molecular flexibility index (Phi) is 11.2. The van der Waals surface area contributed by atoms with E-state index in [1.165, 1.54) is 0 Å². The number of rotatable bonds is 14. The maximum atomic E-state index is 13.3. The number of H-pyrrole nitrogens is 1. The molecule has 2 aliphatic rings. The monoisotopic (exact) mass is 675 g/mol. The number of carbonyl (C=O) groups excluding carboxylic acids is 2. The first-order valence-corrected chi connectivity index (χ1v) is 16.3. The van der Waals surface area contributed by atoms with E-state index in [1.54, 1.807) is 12.1 Å². The van der Waals surface area contributed by atoms with E-state index in [-0.39, 0.29) is 41.8 Å². The quantitative estimate of drug-likeness (QED) is 0.187. The molecule has 1 aliphatic heterocycles. The molecule has 5 rings (SSSR count). The first-order chi connectivity index (χ1) is 22.4. The highest BCUT2D eigenvalue weighted by atomic mass is 35.5. The summed E-state index contributed by atoms with van der Waals surface area (Å²) >= 11 is 6.49. The Morgan fingerprint density at radius 1 is 1.04 bits per heavy atom. The first kappa shape index (κ1) is 34.8. The van der Waals surface area contributed by atoms with Crippen molar-refractivity contribution in [1.29, 1.82) is 0 Å². The Morgan fingerprint density at radius 3 is 2.47 bits per heavy atom. The number of carbonyl (C=O) groups is 2. The van der Waals surface area contributed by atoms with Gasteiger partial charge in [0.15, 0.2) is 5.82 Å². The Balaban J connectivity index is 1.04. The van der Waals surface area contributed by atoms with E-state index in [0.717, 1.165) is 63.3 Å². The summed E-state index contributed by atoms with van der Waals surface area (Å²) in [7, 11) is 0. The molecule has 1 saturated carbocycles. The lowest BCUT2D eigenvalue weighted by Crippen LogP contribution is -2.44. The fourth-order valence-electron chi connectivity index (χ4n) is 5.44. The molecule has 1 aliphatic carbocycles. The molecule has 1 saturated heterocycles. The van der Waals surface area contributed by atoms with Crippen molar-refractivity contribution in [3.05, 3.63) is 70.3 Å². The van der Waals surface area contributed by atoms with Gasteiger partial charge in [-0.3, -0.25) is 19.6 Å². The van der Waals surface area contributed by atoms with Crippen LogP contribution in [0.5, 0.6) is 0 Å². The van der Waals surface area contributed by atoms with E-state index in [4.69, 9.17) is 16.3 Å². The molecule has 0 bridgehead atoms. The van der Waals surface area contributed by atoms with Gasteiger partial charge in [-0.1, -0.05) is 41.9 Å². The minimum atomic E-state index is -4.50. The lowest BCUT2D eigenvalue weighted by Gasteiger charge is -2.26. The Hall–Kier alpha value is -3.52. The highest BCUT2D eigenvalue weighted by Gasteiger charge is 2.51. The second kappa shape index (κ2) is 15.1. The highest BCUT2D eigenvalue weighted by Crippen LogP contribution is 2.48. The van der Waals surface area contributed by atoms with Crippen LogP contribution in [0.15, 0.2) is 42.5 Å². The number of benzene rings is 2. The number of aromatic amines is 1. The summed E-state index contributed by atoms with van der Waals surface area (Å²) in [6.45, 7) is 8.78. The zero-order valence-corrected chi connectivity index (χ0v) is 27.3. The van der Waals surface area contributed by atoms with Crippen molar-refractivity contribution in [3.8, 4) is 11.1 Å². The van der Waals surface area contributed by atoms with Crippen molar-refractivity contribution < 1.29 is 27.5 Å². The maximum absolute atomic E-state index is 13.3. The van der Waals surface area contributed by atoms with Crippen LogP contribution in [-0.2, 0) is 21.5 Å². The van der Waals surface area contributed by atoms with E-state index in [1.807, 2.05) is 30.3 Å². The van der Waals surface area contributed by atoms with Gasteiger partial charge in [0.25, 0.3) is 5.91 Å². The average molecular weight is 676 g/mol. The molecular weight excluding hydrogens is 635 g/mol. The second-order valence-corrected chi connectivity index (χ2v) is 12.9. The third-order valence-electron chi connectivity index (χ3n) is 8.76. The third-order valence-corrected chi connectivity index (χ3v) is 9.07. The van der Waals surface area contributed by atoms with Crippen LogP contribution in [0.25, 0.3) is 11.1 Å². The zero-order valence-electron chi connectivity index (χ0n) is 26.6. The summed E-state index contributed by atoms with van der Waals surface area (Å²) < 4.78 is 45.5. The summed E-state index contributed by atoms with van der Waals surface area (Å²) in [5.41, 5.74) is 0.996. The lowest BCUT2D eigenvalue weighted by molar-refractivity contribution is -0.182. The van der Waals surface area contributed by atoms with E-state index in [9.17, 15) is 22.8 Å². The number of nitrogens with zero attached hydrogens (tertiary/aromatic N) is 3. The van der Waals surface area contributed by atoms with Crippen molar-refractivity contribution in [3.63, 3.8) is 0 Å². The SMILES string of the molecule is CC(C)(c1n[nH]c(CNC(=O)[C@H]2C[C@@H]2c2ccc(-c3ccc(C(=O)NCCCOCCN4CCNCC4)c(Cl)c3)cc2)n1)C(F)(F)F. The first-order valence-electron chi connectivity index (χ1n) is 15.9. The average Bonchev–Trinajstić information content (AvgIpc) is 3.71. The number of hydrogen-bond acceptors (Lipinski definition) is 7. The summed E-state index contributed by atoms with van der Waals surface area (Å²) in [5.74, 6) is -0.810. The van der Waals surface area contributed by atoms with Crippen LogP contribution in [0.4, 0.5) is 13.2 Å². The second-order valence-electron chi connectivity index (χ2n) is 12.5. The van der Waals surface area contributed by atoms with Gasteiger partial charge in [0, 0.05) is 51.8 Å². The largest absolute Gasteiger partial charge is 0.401 e. The minimum Gasteiger partial charge on any atom is -0.380 e. The summed E-state index contributed by atoms with van der Waals surface area (Å²) in [6.07, 6.45) is -3.11. The molecule has 0 radical (unpaired) electrons. The van der Waals surface area contributed by atoms with Gasteiger partial charge in [0.05, 0.1) is 23.7 Å². The lowest BCUT2D eigenvalue weighted by atomic mass is 9.92. The molecular formula is C33H41ClF3N7O3. The number of amides is 2. The molecule has 2 heterocycles. The minimum absolute atomic E-state index is 0.0392. The van der Waals surface area contributed by atoms with Crippen LogP contribution in [0.1, 0.15) is 60.2 Å². The van der Waals surface area contributed by atoms with Crippen molar-refractivity contribution in [2.24, 2.45) is 5.92 Å². The van der Waals surface area contributed by atoms with Gasteiger partial charge in [-0.25, -0.2) is 4.98 Å². The Bertz CT molecular complexity index is 1520. The molecule has 14 heteroatoms. The van der Waals surface area contributed by atoms with E-state index in [2.05, 4.69) is 36.0 Å². The predicted molar refractivity (Wildman–Crippen MR) is 172 cm³/mol. The number of alkyl halides is 3. The van der Waals surface area contributed by atoms with Crippen LogP contribution in [0, 0.1) is 5.92 Å². The van der Waals surface area contributed by atoms with Crippen LogP contribution < -0.4 is 16.0 Å². The molecule has 0 spiro atoms. The van der Waals surface area contributed by atoms with Gasteiger partial charge in [-0.05, 0) is 61.4 Å². The van der Waals surface area contributed by atoms with Crippen LogP contribution in [0.2, 0.25) is 5.02 Å². The molecule has 4 N–H and O–H groups in total. The summed E-state index contributed by atoms with van der Waals surface area (Å²) in [6, 6.07) is 13.2. The summed E-state index contributed by atoms with van der Waals surface area (Å²) in [5, 5.41) is 15.5. The number of nitrogens with one attached hydrogen (secondary N) is 4. The Morgan fingerprint density at radius 2 is 1.77 bits per heavy atom. The number of halogens is 4. The molecule has 47 heavy (non-hydrogen) atoms. The van der Waals surface area contributed by atoms with Crippen molar-refractivity contribution in [1.82, 2.24) is 36.0 Å². The smallest absolute Gasteiger partial charge is 0.380 e. The van der Waals surface area contributed by atoms with Gasteiger partial charge in [0.1, 0.15) is 11.2 Å². The number of hydrogen-bond donors (Lipinski definition) is 4. The predicted octanol–water partition coefficient (Wildman–Crippen LogP) is 4.43. The third kappa shape index (κ3) is 8.89. The van der Waals surface area contributed by atoms with Gasteiger partial charge in [0.2, 0.25) is 5.91 Å². The molecule has 2 atom stereocenters. The van der Waals surface area contributed by atoms with Crippen molar-refractivity contribution >= 4 is 23.4 Å². The molecule has 10 nitrogen and oxygen atoms in total. The van der Waals surface area contributed by atoms with Gasteiger partial charge >= 0.3 is 6.18 Å². The topological polar surface area (TPSA) is 124 Å². The molecule has 2 aromatic carbocycles. The van der Waals surface area contributed by atoms with Gasteiger partial charge in [-0.2, -0.15) is 18.3 Å². The zero-order chi connectivity index (χ0) is 33.6. The number of piperazine rings is 1. The molecule has 2 amide bonds. The highest BCUT2D eigenvalue weighted by molar-refractivity contribution is 6.34. The molecule has 254 valence electrons. The normalized spacial score (nSPS) is 18.6. The number of aromatic nitrogens is 3.